The van der Waals surface area contributed by atoms with Gasteiger partial charge in [0.1, 0.15) is 12.6 Å². The summed E-state index contributed by atoms with van der Waals surface area (Å²) in [5.74, 6) is -0.593. The number of carbonyl (C=O) groups is 2. The van der Waals surface area contributed by atoms with E-state index in [9.17, 15) is 18.0 Å². The number of hydrogen-bond donors (Lipinski definition) is 1. The number of nitrogens with zero attached hydrogens (tertiary/aromatic N) is 2. The van der Waals surface area contributed by atoms with Gasteiger partial charge in [0.2, 0.25) is 11.8 Å². The van der Waals surface area contributed by atoms with Gasteiger partial charge in [-0.05, 0) is 90.2 Å². The summed E-state index contributed by atoms with van der Waals surface area (Å²) >= 11 is 2.16. The molecule has 0 bridgehead atoms. The molecule has 3 aromatic carbocycles. The minimum atomic E-state index is -4.05. The maximum atomic E-state index is 14.1. The molecule has 9 heteroatoms. The van der Waals surface area contributed by atoms with Crippen LogP contribution in [0.4, 0.5) is 5.69 Å². The predicted octanol–water partition coefficient (Wildman–Crippen LogP) is 5.40. The lowest BCUT2D eigenvalue weighted by atomic mass is 10.1. The fourth-order valence-corrected chi connectivity index (χ4v) is 6.91. The fraction of sp³-hybridized carbons (Fsp3) is 0.355. The van der Waals surface area contributed by atoms with E-state index in [2.05, 4.69) is 27.9 Å². The van der Waals surface area contributed by atoms with E-state index in [4.69, 9.17) is 0 Å². The average molecular weight is 674 g/mol. The van der Waals surface area contributed by atoms with E-state index in [-0.39, 0.29) is 16.8 Å². The van der Waals surface area contributed by atoms with Crippen molar-refractivity contribution >= 4 is 50.1 Å². The summed E-state index contributed by atoms with van der Waals surface area (Å²) in [5, 5.41) is 3.15. The highest BCUT2D eigenvalue weighted by Crippen LogP contribution is 2.25. The van der Waals surface area contributed by atoms with Crippen LogP contribution in [0.5, 0.6) is 0 Å². The van der Waals surface area contributed by atoms with E-state index in [1.165, 1.54) is 12.1 Å². The third kappa shape index (κ3) is 7.63. The Bertz CT molecular complexity index is 1360. The third-order valence-electron chi connectivity index (χ3n) is 7.30. The molecule has 2 amide bonds. The van der Waals surface area contributed by atoms with E-state index in [0.29, 0.717) is 25.1 Å². The molecule has 1 aliphatic carbocycles. The Morgan fingerprint density at radius 1 is 0.925 bits per heavy atom. The van der Waals surface area contributed by atoms with Crippen molar-refractivity contribution in [2.75, 3.05) is 17.4 Å². The molecule has 212 valence electrons. The lowest BCUT2D eigenvalue weighted by Gasteiger charge is -2.33. The number of hydrogen-bond acceptors (Lipinski definition) is 4. The summed E-state index contributed by atoms with van der Waals surface area (Å²) in [5.41, 5.74) is 1.43. The van der Waals surface area contributed by atoms with Crippen molar-refractivity contribution < 1.29 is 18.0 Å². The molecule has 7 nitrogen and oxygen atoms in total. The molecule has 1 fully saturated rings. The average Bonchev–Trinajstić information content (AvgIpc) is 3.48. The fourth-order valence-electron chi connectivity index (χ4n) is 5.12. The van der Waals surface area contributed by atoms with Gasteiger partial charge in [-0.2, -0.15) is 0 Å². The van der Waals surface area contributed by atoms with Gasteiger partial charge in [-0.25, -0.2) is 8.42 Å². The maximum Gasteiger partial charge on any atom is 0.264 e. The van der Waals surface area contributed by atoms with Crippen LogP contribution < -0.4 is 9.62 Å². The van der Waals surface area contributed by atoms with Gasteiger partial charge in [0, 0.05) is 16.2 Å². The summed E-state index contributed by atoms with van der Waals surface area (Å²) < 4.78 is 29.8. The number of sulfonamides is 1. The Kier molecular flexibility index (Phi) is 10.6. The predicted molar refractivity (Wildman–Crippen MR) is 166 cm³/mol. The second-order valence-electron chi connectivity index (χ2n) is 10.0. The first-order chi connectivity index (χ1) is 19.3. The molecule has 0 radical (unpaired) electrons. The Morgan fingerprint density at radius 3 is 2.12 bits per heavy atom. The van der Waals surface area contributed by atoms with E-state index >= 15 is 0 Å². The Hall–Kier alpha value is -2.92. The molecule has 1 saturated carbocycles. The molecule has 1 atom stereocenters. The Labute approximate surface area is 251 Å². The molecule has 0 aliphatic heterocycles. The van der Waals surface area contributed by atoms with Crippen LogP contribution in [-0.2, 0) is 26.0 Å². The molecule has 3 aromatic rings. The van der Waals surface area contributed by atoms with Gasteiger partial charge in [0.25, 0.3) is 10.0 Å². The molecule has 1 N–H and O–H groups in total. The second kappa shape index (κ2) is 14.1. The Balaban J connectivity index is 1.65. The first kappa shape index (κ1) is 30.0. The van der Waals surface area contributed by atoms with E-state index < -0.39 is 28.5 Å². The topological polar surface area (TPSA) is 86.8 Å². The third-order valence-corrected chi connectivity index (χ3v) is 9.80. The van der Waals surface area contributed by atoms with Crippen molar-refractivity contribution in [2.45, 2.75) is 62.4 Å². The number of amides is 2. The van der Waals surface area contributed by atoms with Crippen LogP contribution in [0.15, 0.2) is 89.8 Å². The Morgan fingerprint density at radius 2 is 1.52 bits per heavy atom. The van der Waals surface area contributed by atoms with Crippen molar-refractivity contribution in [3.8, 4) is 0 Å². The molecule has 0 unspecified atom stereocenters. The van der Waals surface area contributed by atoms with Crippen LogP contribution in [0.3, 0.4) is 0 Å². The van der Waals surface area contributed by atoms with E-state index in [1.54, 1.807) is 35.2 Å². The van der Waals surface area contributed by atoms with Crippen molar-refractivity contribution in [1.29, 1.82) is 0 Å². The number of halogens is 1. The highest BCUT2D eigenvalue weighted by molar-refractivity contribution is 14.1. The number of rotatable bonds is 12. The summed E-state index contributed by atoms with van der Waals surface area (Å²) in [6.45, 7) is 1.77. The lowest BCUT2D eigenvalue weighted by molar-refractivity contribution is -0.139. The SMILES string of the molecule is CC[C@H](C(=O)NC1CCCC1)N(CCc1ccccc1)C(=O)CN(c1ccc(I)cc1)S(=O)(=O)c1ccccc1. The van der Waals surface area contributed by atoms with Gasteiger partial charge in [0.05, 0.1) is 10.6 Å². The summed E-state index contributed by atoms with van der Waals surface area (Å²) in [6.07, 6.45) is 5.02. The zero-order valence-electron chi connectivity index (χ0n) is 22.7. The smallest absolute Gasteiger partial charge is 0.264 e. The lowest BCUT2D eigenvalue weighted by Crippen LogP contribution is -2.54. The normalized spacial score (nSPS) is 14.4. The molecule has 4 rings (SSSR count). The molecule has 40 heavy (non-hydrogen) atoms. The van der Waals surface area contributed by atoms with E-state index in [1.807, 2.05) is 49.4 Å². The van der Waals surface area contributed by atoms with Crippen LogP contribution in [0.1, 0.15) is 44.6 Å². The number of benzene rings is 3. The van der Waals surface area contributed by atoms with Crippen molar-refractivity contribution in [3.63, 3.8) is 0 Å². The van der Waals surface area contributed by atoms with Gasteiger partial charge < -0.3 is 10.2 Å². The highest BCUT2D eigenvalue weighted by Gasteiger charge is 2.34. The van der Waals surface area contributed by atoms with Crippen molar-refractivity contribution in [2.24, 2.45) is 0 Å². The molecular weight excluding hydrogens is 637 g/mol. The number of anilines is 1. The van der Waals surface area contributed by atoms with Gasteiger partial charge in [-0.1, -0.05) is 68.3 Å². The number of nitrogens with one attached hydrogen (secondary N) is 1. The van der Waals surface area contributed by atoms with Crippen LogP contribution in [-0.4, -0.2) is 50.3 Å². The largest absolute Gasteiger partial charge is 0.352 e. The van der Waals surface area contributed by atoms with Crippen molar-refractivity contribution in [1.82, 2.24) is 10.2 Å². The minimum absolute atomic E-state index is 0.100. The van der Waals surface area contributed by atoms with Crippen LogP contribution in [0.2, 0.25) is 0 Å². The monoisotopic (exact) mass is 673 g/mol. The molecular formula is C31H36IN3O4S. The highest BCUT2D eigenvalue weighted by atomic mass is 127. The number of carbonyl (C=O) groups excluding carboxylic acids is 2. The van der Waals surface area contributed by atoms with Gasteiger partial charge in [-0.15, -0.1) is 0 Å². The maximum absolute atomic E-state index is 14.1. The molecule has 1 aliphatic rings. The van der Waals surface area contributed by atoms with Gasteiger partial charge >= 0.3 is 0 Å². The van der Waals surface area contributed by atoms with Gasteiger partial charge in [-0.3, -0.25) is 13.9 Å². The zero-order valence-corrected chi connectivity index (χ0v) is 25.7. The minimum Gasteiger partial charge on any atom is -0.352 e. The van der Waals surface area contributed by atoms with Crippen LogP contribution in [0.25, 0.3) is 0 Å². The van der Waals surface area contributed by atoms with Crippen LogP contribution >= 0.6 is 22.6 Å². The summed E-state index contributed by atoms with van der Waals surface area (Å²) in [6, 6.07) is 24.4. The molecule has 0 saturated heterocycles. The quantitative estimate of drug-likeness (QED) is 0.261. The molecule has 0 heterocycles. The van der Waals surface area contributed by atoms with Crippen LogP contribution in [0, 0.1) is 3.57 Å². The molecule has 0 aromatic heterocycles. The van der Waals surface area contributed by atoms with Gasteiger partial charge in [0.15, 0.2) is 0 Å². The first-order valence-corrected chi connectivity index (χ1v) is 16.3. The zero-order chi connectivity index (χ0) is 28.5. The second-order valence-corrected chi connectivity index (χ2v) is 13.1. The van der Waals surface area contributed by atoms with E-state index in [0.717, 1.165) is 39.1 Å². The van der Waals surface area contributed by atoms with Crippen molar-refractivity contribution in [3.05, 3.63) is 94.1 Å². The summed E-state index contributed by atoms with van der Waals surface area (Å²) in [4.78, 5) is 29.2. The first-order valence-electron chi connectivity index (χ1n) is 13.8. The molecule has 0 spiro atoms. The summed E-state index contributed by atoms with van der Waals surface area (Å²) in [7, 11) is -4.05. The standard InChI is InChI=1S/C31H36IN3O4S/c1-2-29(31(37)33-26-13-9-10-14-26)34(22-21-24-11-5-3-6-12-24)30(36)23-35(27-19-17-25(32)18-20-27)40(38,39)28-15-7-4-8-16-28/h3-8,11-12,15-20,26,29H,2,9-10,13-14,21-23H2,1H3,(H,33,37)/t29-/m1/s1.